The lowest BCUT2D eigenvalue weighted by Crippen LogP contribution is -2.58. The minimum Gasteiger partial charge on any atom is -0.366 e. The normalized spacial score (nSPS) is 19.4. The van der Waals surface area contributed by atoms with Crippen molar-refractivity contribution in [1.29, 1.82) is 0 Å². The van der Waals surface area contributed by atoms with Gasteiger partial charge in [-0.2, -0.15) is 5.10 Å². The summed E-state index contributed by atoms with van der Waals surface area (Å²) in [5, 5.41) is 7.49. The molecule has 0 aromatic carbocycles. The third kappa shape index (κ3) is 1.81. The average Bonchev–Trinajstić information content (AvgIpc) is 2.38. The highest BCUT2D eigenvalue weighted by molar-refractivity contribution is 5.07. The van der Waals surface area contributed by atoms with Gasteiger partial charge in [0.2, 0.25) is 0 Å². The van der Waals surface area contributed by atoms with Gasteiger partial charge in [-0.3, -0.25) is 4.68 Å². The average molecular weight is 195 g/mol. The molecule has 0 bridgehead atoms. The first-order valence-corrected chi connectivity index (χ1v) is 4.93. The van der Waals surface area contributed by atoms with E-state index in [0.29, 0.717) is 6.61 Å². The SMILES string of the molecule is Cc1cc(COC2(C)CNC2)n(C)n1. The molecule has 2 rings (SSSR count). The van der Waals surface area contributed by atoms with Crippen LogP contribution >= 0.6 is 0 Å². The molecule has 4 nitrogen and oxygen atoms in total. The fraction of sp³-hybridized carbons (Fsp3) is 0.700. The number of nitrogens with one attached hydrogen (secondary N) is 1. The van der Waals surface area contributed by atoms with Crippen LogP contribution in [0.25, 0.3) is 0 Å². The first-order chi connectivity index (χ1) is 6.59. The Morgan fingerprint density at radius 3 is 2.79 bits per heavy atom. The minimum absolute atomic E-state index is 0.0260. The number of ether oxygens (including phenoxy) is 1. The van der Waals surface area contributed by atoms with Crippen molar-refractivity contribution >= 4 is 0 Å². The lowest BCUT2D eigenvalue weighted by Gasteiger charge is -2.39. The molecule has 0 aliphatic carbocycles. The Morgan fingerprint density at radius 2 is 2.36 bits per heavy atom. The molecule has 1 saturated heterocycles. The maximum Gasteiger partial charge on any atom is 0.0907 e. The van der Waals surface area contributed by atoms with Crippen molar-refractivity contribution in [3.8, 4) is 0 Å². The Kier molecular flexibility index (Phi) is 2.33. The van der Waals surface area contributed by atoms with Gasteiger partial charge in [-0.15, -0.1) is 0 Å². The van der Waals surface area contributed by atoms with E-state index in [1.165, 1.54) is 0 Å². The van der Waals surface area contributed by atoms with Crippen molar-refractivity contribution in [2.45, 2.75) is 26.1 Å². The van der Waals surface area contributed by atoms with Crippen LogP contribution in [0.4, 0.5) is 0 Å². The van der Waals surface area contributed by atoms with Crippen molar-refractivity contribution in [3.63, 3.8) is 0 Å². The number of nitrogens with zero attached hydrogens (tertiary/aromatic N) is 2. The molecular weight excluding hydrogens is 178 g/mol. The predicted octanol–water partition coefficient (Wildman–Crippen LogP) is 0.607. The van der Waals surface area contributed by atoms with Crippen LogP contribution in [0.3, 0.4) is 0 Å². The zero-order valence-corrected chi connectivity index (χ0v) is 9.00. The highest BCUT2D eigenvalue weighted by Gasteiger charge is 2.32. The van der Waals surface area contributed by atoms with E-state index in [1.54, 1.807) is 0 Å². The number of hydrogen-bond donors (Lipinski definition) is 1. The molecule has 0 atom stereocenters. The standard InChI is InChI=1S/C10H17N3O/c1-8-4-9(13(3)12-8)5-14-10(2)6-11-7-10/h4,11H,5-7H2,1-3H3. The number of hydrogen-bond acceptors (Lipinski definition) is 3. The maximum atomic E-state index is 5.82. The first kappa shape index (κ1) is 9.68. The van der Waals surface area contributed by atoms with E-state index in [1.807, 2.05) is 18.7 Å². The molecule has 1 aromatic rings. The second-order valence-corrected chi connectivity index (χ2v) is 4.24. The molecule has 0 amide bonds. The summed E-state index contributed by atoms with van der Waals surface area (Å²) < 4.78 is 7.70. The first-order valence-electron chi connectivity index (χ1n) is 4.93. The molecule has 1 aliphatic heterocycles. The van der Waals surface area contributed by atoms with E-state index in [9.17, 15) is 0 Å². The van der Waals surface area contributed by atoms with Gasteiger partial charge >= 0.3 is 0 Å². The van der Waals surface area contributed by atoms with Crippen molar-refractivity contribution in [2.75, 3.05) is 13.1 Å². The van der Waals surface area contributed by atoms with Crippen LogP contribution in [0.5, 0.6) is 0 Å². The third-order valence-electron chi connectivity index (χ3n) is 2.67. The molecule has 0 unspecified atom stereocenters. The van der Waals surface area contributed by atoms with Gasteiger partial charge in [0, 0.05) is 20.1 Å². The number of aromatic nitrogens is 2. The van der Waals surface area contributed by atoms with E-state index in [0.717, 1.165) is 24.5 Å². The number of aryl methyl sites for hydroxylation is 2. The van der Waals surface area contributed by atoms with Crippen LogP contribution in [-0.2, 0) is 18.4 Å². The molecule has 14 heavy (non-hydrogen) atoms. The lowest BCUT2D eigenvalue weighted by atomic mass is 10.0. The fourth-order valence-electron chi connectivity index (χ4n) is 1.63. The van der Waals surface area contributed by atoms with Crippen LogP contribution < -0.4 is 5.32 Å². The summed E-state index contributed by atoms with van der Waals surface area (Å²) in [5.74, 6) is 0. The third-order valence-corrected chi connectivity index (χ3v) is 2.67. The molecule has 1 aromatic heterocycles. The van der Waals surface area contributed by atoms with Gasteiger partial charge in [0.1, 0.15) is 0 Å². The van der Waals surface area contributed by atoms with Gasteiger partial charge in [-0.05, 0) is 19.9 Å². The molecule has 1 fully saturated rings. The Labute approximate surface area is 84.3 Å². The monoisotopic (exact) mass is 195 g/mol. The predicted molar refractivity (Wildman–Crippen MR) is 54.0 cm³/mol. The van der Waals surface area contributed by atoms with Crippen molar-refractivity contribution in [1.82, 2.24) is 15.1 Å². The molecule has 0 radical (unpaired) electrons. The summed E-state index contributed by atoms with van der Waals surface area (Å²) in [4.78, 5) is 0. The number of rotatable bonds is 3. The molecule has 0 saturated carbocycles. The van der Waals surface area contributed by atoms with Crippen LogP contribution in [0.1, 0.15) is 18.3 Å². The Balaban J connectivity index is 1.94. The summed E-state index contributed by atoms with van der Waals surface area (Å²) in [5.41, 5.74) is 2.21. The van der Waals surface area contributed by atoms with E-state index in [4.69, 9.17) is 4.74 Å². The molecule has 0 spiro atoms. The molecule has 1 aliphatic rings. The molecule has 1 N–H and O–H groups in total. The zero-order valence-electron chi connectivity index (χ0n) is 9.00. The lowest BCUT2D eigenvalue weighted by molar-refractivity contribution is -0.0786. The Morgan fingerprint density at radius 1 is 1.64 bits per heavy atom. The zero-order chi connectivity index (χ0) is 10.2. The highest BCUT2D eigenvalue weighted by Crippen LogP contribution is 2.17. The van der Waals surface area contributed by atoms with Gasteiger partial charge < -0.3 is 10.1 Å². The summed E-state index contributed by atoms with van der Waals surface area (Å²) in [6.07, 6.45) is 0. The second kappa shape index (κ2) is 3.37. The summed E-state index contributed by atoms with van der Waals surface area (Å²) in [6.45, 7) is 6.67. The van der Waals surface area contributed by atoms with Crippen LogP contribution in [0.15, 0.2) is 6.07 Å². The smallest absolute Gasteiger partial charge is 0.0907 e. The van der Waals surface area contributed by atoms with Crippen molar-refractivity contribution in [2.24, 2.45) is 7.05 Å². The van der Waals surface area contributed by atoms with Crippen LogP contribution in [-0.4, -0.2) is 28.5 Å². The molecule has 2 heterocycles. The van der Waals surface area contributed by atoms with E-state index in [2.05, 4.69) is 23.4 Å². The Hall–Kier alpha value is -0.870. The van der Waals surface area contributed by atoms with E-state index in [-0.39, 0.29) is 5.60 Å². The van der Waals surface area contributed by atoms with Crippen LogP contribution in [0, 0.1) is 6.92 Å². The van der Waals surface area contributed by atoms with Gasteiger partial charge in [0.15, 0.2) is 0 Å². The largest absolute Gasteiger partial charge is 0.366 e. The molecular formula is C10H17N3O. The van der Waals surface area contributed by atoms with Gasteiger partial charge in [-0.1, -0.05) is 0 Å². The van der Waals surface area contributed by atoms with Crippen LogP contribution in [0.2, 0.25) is 0 Å². The topological polar surface area (TPSA) is 39.1 Å². The van der Waals surface area contributed by atoms with E-state index >= 15 is 0 Å². The second-order valence-electron chi connectivity index (χ2n) is 4.24. The maximum absolute atomic E-state index is 5.82. The minimum atomic E-state index is 0.0260. The Bertz CT molecular complexity index is 328. The van der Waals surface area contributed by atoms with E-state index < -0.39 is 0 Å². The van der Waals surface area contributed by atoms with Gasteiger partial charge in [0.25, 0.3) is 0 Å². The summed E-state index contributed by atoms with van der Waals surface area (Å²) >= 11 is 0. The molecule has 78 valence electrons. The highest BCUT2D eigenvalue weighted by atomic mass is 16.5. The van der Waals surface area contributed by atoms with Crippen molar-refractivity contribution < 1.29 is 4.74 Å². The summed E-state index contributed by atoms with van der Waals surface area (Å²) in [6, 6.07) is 2.06. The quantitative estimate of drug-likeness (QED) is 0.768. The van der Waals surface area contributed by atoms with Gasteiger partial charge in [-0.25, -0.2) is 0 Å². The fourth-order valence-corrected chi connectivity index (χ4v) is 1.63. The van der Waals surface area contributed by atoms with Gasteiger partial charge in [0.05, 0.1) is 23.6 Å². The summed E-state index contributed by atoms with van der Waals surface area (Å²) in [7, 11) is 1.95. The van der Waals surface area contributed by atoms with Crippen molar-refractivity contribution in [3.05, 3.63) is 17.5 Å². The molecule has 4 heteroatoms.